The van der Waals surface area contributed by atoms with E-state index in [1.54, 1.807) is 0 Å². The number of hydrogen-bond donors (Lipinski definition) is 0. The third kappa shape index (κ3) is 13.9. The summed E-state index contributed by atoms with van der Waals surface area (Å²) in [7, 11) is 6.79. The van der Waals surface area contributed by atoms with Crippen LogP contribution in [0.4, 0.5) is 0 Å². The van der Waals surface area contributed by atoms with Gasteiger partial charge in [-0.15, -0.1) is 0 Å². The third-order valence-electron chi connectivity index (χ3n) is 4.44. The molecule has 24 heavy (non-hydrogen) atoms. The fourth-order valence-corrected chi connectivity index (χ4v) is 4.11. The van der Waals surface area contributed by atoms with Gasteiger partial charge in [0.1, 0.15) is 0 Å². The van der Waals surface area contributed by atoms with Crippen LogP contribution >= 0.6 is 0 Å². The molecule has 0 atom stereocenters. The minimum atomic E-state index is 1.17. The topological polar surface area (TPSA) is 19.4 Å². The molecule has 0 aromatic heterocycles. The average Bonchev–Trinajstić information content (AvgIpc) is 2.56. The molecule has 1 aliphatic heterocycles. The molecule has 0 aliphatic carbocycles. The summed E-state index contributed by atoms with van der Waals surface area (Å²) < 4.78 is 7.79. The third-order valence-corrected chi connectivity index (χ3v) is 8.29. The van der Waals surface area contributed by atoms with Crippen molar-refractivity contribution < 1.29 is 116 Å². The summed E-state index contributed by atoms with van der Waals surface area (Å²) in [5.74, 6) is 0. The molecule has 9 heteroatoms. The number of rotatable bonds is 0. The Morgan fingerprint density at radius 1 is 0.375 bits per heavy atom. The van der Waals surface area contributed by atoms with Crippen LogP contribution in [0.1, 0.15) is 0 Å². The van der Waals surface area contributed by atoms with Gasteiger partial charge in [-0.2, -0.15) is 0 Å². The predicted octanol–water partition coefficient (Wildman–Crippen LogP) is -0.906. The molecule has 0 bridgehead atoms. The molecule has 6 nitrogen and oxygen atoms in total. The predicted molar refractivity (Wildman–Crippen MR) is 87.2 cm³/mol. The second-order valence-electron chi connectivity index (χ2n) is 6.77. The van der Waals surface area contributed by atoms with E-state index in [4.69, 9.17) is 0 Å². The molecule has 0 amide bonds. The van der Waals surface area contributed by atoms with E-state index in [1.807, 2.05) is 0 Å². The molecule has 1 heterocycles. The van der Waals surface area contributed by atoms with Crippen LogP contribution in [-0.4, -0.2) is 118 Å². The fourth-order valence-electron chi connectivity index (χ4n) is 2.39. The van der Waals surface area contributed by atoms with Gasteiger partial charge in [0.15, 0.2) is 0 Å². The van der Waals surface area contributed by atoms with Crippen LogP contribution in [0.2, 0.25) is 0 Å². The monoisotopic (exact) mass is 732 g/mol. The van der Waals surface area contributed by atoms with Gasteiger partial charge in [0.2, 0.25) is 0 Å². The van der Waals surface area contributed by atoms with Crippen LogP contribution in [0.3, 0.4) is 0 Å². The molecule has 138 valence electrons. The molecule has 0 N–H and O–H groups in total. The number of likely N-dealkylation sites (N-methyl/N-ethyl adjacent to an activating group) is 3. The molecule has 0 spiro atoms. The summed E-state index contributed by atoms with van der Waals surface area (Å²) in [6.07, 6.45) is 0. The van der Waals surface area contributed by atoms with Crippen molar-refractivity contribution in [3.8, 4) is 0 Å². The van der Waals surface area contributed by atoms with Crippen molar-refractivity contribution in [1.29, 1.82) is 0 Å². The number of nitrogens with zero attached hydrogens (tertiary/aromatic N) is 6. The van der Waals surface area contributed by atoms with Crippen LogP contribution in [0.25, 0.3) is 0 Å². The Kier molecular flexibility index (Phi) is 16.8. The van der Waals surface area contributed by atoms with E-state index in [9.17, 15) is 0 Å². The Labute approximate surface area is 229 Å². The zero-order chi connectivity index (χ0) is 17.9. The Morgan fingerprint density at radius 3 is 0.792 bits per heavy atom. The van der Waals surface area contributed by atoms with Crippen LogP contribution in [0.5, 0.6) is 0 Å². The van der Waals surface area contributed by atoms with E-state index in [0.717, 1.165) is 0 Å². The zero-order valence-electron chi connectivity index (χ0n) is 15.5. The first kappa shape index (κ1) is 25.8. The van der Waals surface area contributed by atoms with Crippen molar-refractivity contribution in [2.75, 3.05) is 99.7 Å². The first-order chi connectivity index (χ1) is 11.4. The van der Waals surface area contributed by atoms with Crippen molar-refractivity contribution in [1.82, 2.24) is 17.8 Å². The van der Waals surface area contributed by atoms with E-state index < -0.39 is 0 Å². The second-order valence-corrected chi connectivity index (χ2v) is 12.2. The van der Waals surface area contributed by atoms with Crippen molar-refractivity contribution in [2.45, 2.75) is 0 Å². The Morgan fingerprint density at radius 2 is 0.542 bits per heavy atom. The van der Waals surface area contributed by atoms with E-state index in [1.165, 1.54) is 195 Å². The van der Waals surface area contributed by atoms with Crippen LogP contribution in [0.15, 0.2) is 0 Å². The summed E-state index contributed by atoms with van der Waals surface area (Å²) in [6, 6.07) is 0. The summed E-state index contributed by atoms with van der Waals surface area (Å²) in [4.78, 5) is 7.44. The van der Waals surface area contributed by atoms with Gasteiger partial charge >= 0.3 is 234 Å². The summed E-state index contributed by atoms with van der Waals surface area (Å²) in [6.45, 7) is 14.4. The first-order valence-corrected chi connectivity index (χ1v) is 12.6. The Hall–Kier alpha value is 3.77. The molecule has 0 unspecified atom stereocenters. The van der Waals surface area contributed by atoms with Gasteiger partial charge in [0, 0.05) is 0 Å². The summed E-state index contributed by atoms with van der Waals surface area (Å²) >= 11 is 4.20. The van der Waals surface area contributed by atoms with Crippen molar-refractivity contribution in [3.63, 3.8) is 0 Å². The Balaban J connectivity index is 2.47. The maximum atomic E-state index is 2.60. The van der Waals surface area contributed by atoms with Gasteiger partial charge in [0.25, 0.3) is 0 Å². The van der Waals surface area contributed by atoms with E-state index in [-0.39, 0.29) is 0 Å². The van der Waals surface area contributed by atoms with Crippen molar-refractivity contribution in [3.05, 3.63) is 0 Å². The van der Waals surface area contributed by atoms with Crippen LogP contribution in [0, 0.1) is 116 Å². The fraction of sp³-hybridized carbons (Fsp3) is 1.00. The van der Waals surface area contributed by atoms with Gasteiger partial charge in [-0.1, -0.05) is 0 Å². The minimum absolute atomic E-state index is 1.17. The average molecular weight is 732 g/mol. The standard InChI is InChI=1S/C15H33N6.3Pm/c1-19-10-8-17-6-4-16-5-7-18-9-11-20(2)13-15-21(3)14-12-19;;;/h4-15H2,1-3H3;;;/q-3;3*+1. The molecule has 0 aromatic rings. The van der Waals surface area contributed by atoms with Crippen molar-refractivity contribution in [2.24, 2.45) is 0 Å². The second kappa shape index (κ2) is 15.6. The molecule has 0 radical (unpaired) electrons. The van der Waals surface area contributed by atoms with E-state index in [2.05, 4.69) is 39.0 Å². The molecule has 1 rings (SSSR count). The van der Waals surface area contributed by atoms with Gasteiger partial charge in [-0.05, 0) is 0 Å². The SMILES string of the molecule is CN1CCN(C)CC[N]([Pm])CC[N]([Pm])CC[N]([Pm])CCN(C)CC1. The number of hydrogen-bond acceptors (Lipinski definition) is 6. The van der Waals surface area contributed by atoms with Gasteiger partial charge < -0.3 is 0 Å². The molecule has 1 aliphatic rings. The van der Waals surface area contributed by atoms with E-state index >= 15 is 0 Å². The van der Waals surface area contributed by atoms with Gasteiger partial charge in [0.05, 0.1) is 0 Å². The Bertz CT molecular complexity index is 224. The molecule has 1 saturated heterocycles. The van der Waals surface area contributed by atoms with Gasteiger partial charge in [-0.25, -0.2) is 0 Å². The quantitative estimate of drug-likeness (QED) is 0.320. The molecule has 0 aromatic carbocycles. The normalized spacial score (nSPS) is 26.1. The van der Waals surface area contributed by atoms with Gasteiger partial charge in [-0.3, -0.25) is 0 Å². The molecular weight excluding hydrogens is 699 g/mol. The van der Waals surface area contributed by atoms with Crippen LogP contribution < -0.4 is 0 Å². The summed E-state index contributed by atoms with van der Waals surface area (Å²) in [5, 5.41) is 0. The summed E-state index contributed by atoms with van der Waals surface area (Å²) in [5.41, 5.74) is 0. The van der Waals surface area contributed by atoms with Crippen LogP contribution in [-0.2, 0) is 0 Å². The zero-order valence-corrected chi connectivity index (χ0v) is 24.1. The van der Waals surface area contributed by atoms with E-state index in [0.29, 0.717) is 0 Å². The molecular formula is C15H33N6Pm3. The molecule has 0 saturated carbocycles. The first-order valence-electron chi connectivity index (χ1n) is 8.74. The maximum absolute atomic E-state index is 2.60. The van der Waals surface area contributed by atoms with Crippen molar-refractivity contribution >= 4 is 0 Å². The molecule has 1 fully saturated rings.